The molecule has 1 amide bonds. The van der Waals surface area contributed by atoms with E-state index in [1.807, 2.05) is 27.7 Å². The second-order valence-corrected chi connectivity index (χ2v) is 14.8. The van der Waals surface area contributed by atoms with Crippen molar-refractivity contribution in [3.05, 3.63) is 0 Å². The van der Waals surface area contributed by atoms with Gasteiger partial charge in [0.05, 0.1) is 19.3 Å². The number of nitrogens with zero attached hydrogens (tertiary/aromatic N) is 1. The van der Waals surface area contributed by atoms with Crippen molar-refractivity contribution in [1.29, 1.82) is 0 Å². The number of ether oxygens (including phenoxy) is 2. The Hall–Kier alpha value is -1.08. The molecule has 6 nitrogen and oxygen atoms in total. The fourth-order valence-electron chi connectivity index (χ4n) is 3.07. The van der Waals surface area contributed by atoms with E-state index in [1.165, 1.54) is 7.11 Å². The van der Waals surface area contributed by atoms with Gasteiger partial charge in [-0.2, -0.15) is 0 Å². The lowest BCUT2D eigenvalue weighted by Gasteiger charge is -2.39. The van der Waals surface area contributed by atoms with Crippen molar-refractivity contribution in [2.24, 2.45) is 0 Å². The summed E-state index contributed by atoms with van der Waals surface area (Å²) in [5.41, 5.74) is -0.567. The SMILES string of the molecule is COC(=O)CC[C@@H]1C[C@@H](O[Si](C)(C)C(C)(C)C)[C@@H](C)N1C(=O)OC(C)(C)C. The van der Waals surface area contributed by atoms with Crippen LogP contribution in [0.25, 0.3) is 0 Å². The Morgan fingerprint density at radius 3 is 2.11 bits per heavy atom. The van der Waals surface area contributed by atoms with Crippen molar-refractivity contribution in [1.82, 2.24) is 4.90 Å². The van der Waals surface area contributed by atoms with E-state index in [-0.39, 0.29) is 41.7 Å². The normalized spacial score (nSPS) is 24.1. The molecule has 7 heteroatoms. The van der Waals surface area contributed by atoms with Crippen molar-refractivity contribution in [2.45, 2.75) is 110 Å². The third-order valence-corrected chi connectivity index (χ3v) is 10.1. The molecule has 158 valence electrons. The standard InChI is InChI=1S/C20H39NO5Si/c1-14-16(26-27(9,10)20(5,6)7)13-15(11-12-17(22)24-8)21(14)18(23)25-19(2,3)4/h14-16H,11-13H2,1-10H3/t14-,15-,16-/m1/s1. The summed E-state index contributed by atoms with van der Waals surface area (Å²) in [6.07, 6.45) is 1.14. The fraction of sp³-hybridized carbons (Fsp3) is 0.900. The highest BCUT2D eigenvalue weighted by Gasteiger charge is 2.48. The largest absolute Gasteiger partial charge is 0.469 e. The molecule has 0 aromatic rings. The molecule has 1 heterocycles. The van der Waals surface area contributed by atoms with Gasteiger partial charge < -0.3 is 13.9 Å². The van der Waals surface area contributed by atoms with E-state index in [9.17, 15) is 9.59 Å². The maximum atomic E-state index is 12.8. The molecule has 0 spiro atoms. The molecule has 1 fully saturated rings. The molecule has 0 aromatic heterocycles. The van der Waals surface area contributed by atoms with Gasteiger partial charge in [-0.25, -0.2) is 4.79 Å². The molecular formula is C20H39NO5Si. The first kappa shape index (κ1) is 24.0. The van der Waals surface area contributed by atoms with Crippen LogP contribution in [0.3, 0.4) is 0 Å². The average molecular weight is 402 g/mol. The maximum absolute atomic E-state index is 12.8. The number of methoxy groups -OCH3 is 1. The van der Waals surface area contributed by atoms with Crippen LogP contribution < -0.4 is 0 Å². The maximum Gasteiger partial charge on any atom is 0.410 e. The lowest BCUT2D eigenvalue weighted by atomic mass is 10.1. The molecule has 0 saturated carbocycles. The molecular weight excluding hydrogens is 362 g/mol. The van der Waals surface area contributed by atoms with Gasteiger partial charge in [-0.15, -0.1) is 0 Å². The number of rotatable bonds is 5. The van der Waals surface area contributed by atoms with Crippen LogP contribution in [0.1, 0.15) is 67.7 Å². The summed E-state index contributed by atoms with van der Waals surface area (Å²) in [6.45, 7) is 18.7. The highest BCUT2D eigenvalue weighted by Crippen LogP contribution is 2.41. The third-order valence-electron chi connectivity index (χ3n) is 5.64. The predicted molar refractivity (Wildman–Crippen MR) is 109 cm³/mol. The van der Waals surface area contributed by atoms with Crippen molar-refractivity contribution in [2.75, 3.05) is 7.11 Å². The van der Waals surface area contributed by atoms with Crippen LogP contribution in [0.4, 0.5) is 4.79 Å². The monoisotopic (exact) mass is 401 g/mol. The zero-order valence-electron chi connectivity index (χ0n) is 18.8. The zero-order valence-corrected chi connectivity index (χ0v) is 19.8. The third kappa shape index (κ3) is 6.49. The summed E-state index contributed by atoms with van der Waals surface area (Å²) in [6, 6.07) is -0.194. The number of hydrogen-bond acceptors (Lipinski definition) is 5. The number of esters is 1. The number of carbonyl (C=O) groups is 2. The molecule has 1 saturated heterocycles. The number of amides is 1. The van der Waals surface area contributed by atoms with E-state index in [2.05, 4.69) is 33.9 Å². The Bertz CT molecular complexity index is 535. The zero-order chi connectivity index (χ0) is 21.2. The van der Waals surface area contributed by atoms with Crippen LogP contribution in [-0.4, -0.2) is 56.2 Å². The van der Waals surface area contributed by atoms with Crippen LogP contribution in [-0.2, 0) is 18.7 Å². The summed E-state index contributed by atoms with van der Waals surface area (Å²) < 4.78 is 17.0. The lowest BCUT2D eigenvalue weighted by molar-refractivity contribution is -0.141. The number of likely N-dealkylation sites (tertiary alicyclic amines) is 1. The van der Waals surface area contributed by atoms with Gasteiger partial charge >= 0.3 is 12.1 Å². The molecule has 0 unspecified atom stereocenters. The minimum atomic E-state index is -1.97. The summed E-state index contributed by atoms with van der Waals surface area (Å²) >= 11 is 0. The first-order valence-electron chi connectivity index (χ1n) is 9.85. The van der Waals surface area contributed by atoms with Crippen molar-refractivity contribution in [3.8, 4) is 0 Å². The van der Waals surface area contributed by atoms with E-state index in [0.717, 1.165) is 0 Å². The van der Waals surface area contributed by atoms with E-state index >= 15 is 0 Å². The lowest BCUT2D eigenvalue weighted by Crippen LogP contribution is -2.48. The fourth-order valence-corrected chi connectivity index (χ4v) is 4.47. The molecule has 3 atom stereocenters. The number of hydrogen-bond donors (Lipinski definition) is 0. The quantitative estimate of drug-likeness (QED) is 0.492. The smallest absolute Gasteiger partial charge is 0.410 e. The summed E-state index contributed by atoms with van der Waals surface area (Å²) in [5.74, 6) is -0.263. The number of carbonyl (C=O) groups excluding carboxylic acids is 2. The van der Waals surface area contributed by atoms with Crippen molar-refractivity contribution in [3.63, 3.8) is 0 Å². The molecule has 0 N–H and O–H groups in total. The average Bonchev–Trinajstić information content (AvgIpc) is 2.77. The molecule has 0 aromatic carbocycles. The Labute approximate surface area is 166 Å². The Balaban J connectivity index is 3.01. The van der Waals surface area contributed by atoms with Crippen LogP contribution in [0.5, 0.6) is 0 Å². The summed E-state index contributed by atoms with van der Waals surface area (Å²) in [4.78, 5) is 26.2. The molecule has 0 aliphatic carbocycles. The van der Waals surface area contributed by atoms with Crippen LogP contribution in [0, 0.1) is 0 Å². The topological polar surface area (TPSA) is 65.1 Å². The van der Waals surface area contributed by atoms with Gasteiger partial charge in [0.2, 0.25) is 0 Å². The Kier molecular flexibility index (Phi) is 7.55. The second kappa shape index (κ2) is 8.51. The van der Waals surface area contributed by atoms with Crippen LogP contribution in [0.2, 0.25) is 18.1 Å². The van der Waals surface area contributed by atoms with Gasteiger partial charge in [-0.3, -0.25) is 9.69 Å². The molecule has 1 rings (SSSR count). The van der Waals surface area contributed by atoms with Crippen LogP contribution in [0.15, 0.2) is 0 Å². The minimum Gasteiger partial charge on any atom is -0.469 e. The van der Waals surface area contributed by atoms with E-state index < -0.39 is 13.9 Å². The van der Waals surface area contributed by atoms with Crippen molar-refractivity contribution < 1.29 is 23.5 Å². The van der Waals surface area contributed by atoms with Crippen LogP contribution >= 0.6 is 0 Å². The van der Waals surface area contributed by atoms with Gasteiger partial charge in [-0.05, 0) is 58.7 Å². The van der Waals surface area contributed by atoms with Gasteiger partial charge in [0.1, 0.15) is 5.60 Å². The molecule has 27 heavy (non-hydrogen) atoms. The Morgan fingerprint density at radius 2 is 1.67 bits per heavy atom. The minimum absolute atomic E-state index is 0.0546. The molecule has 0 bridgehead atoms. The first-order chi connectivity index (χ1) is 12.1. The van der Waals surface area contributed by atoms with E-state index in [1.54, 1.807) is 4.90 Å². The highest BCUT2D eigenvalue weighted by atomic mass is 28.4. The van der Waals surface area contributed by atoms with Gasteiger partial charge in [0.15, 0.2) is 8.32 Å². The Morgan fingerprint density at radius 1 is 1.11 bits per heavy atom. The summed E-state index contributed by atoms with van der Waals surface area (Å²) in [7, 11) is -0.591. The molecule has 1 aliphatic rings. The van der Waals surface area contributed by atoms with Gasteiger partial charge in [-0.1, -0.05) is 20.8 Å². The highest BCUT2D eigenvalue weighted by molar-refractivity contribution is 6.74. The molecule has 1 aliphatic heterocycles. The van der Waals surface area contributed by atoms with E-state index in [4.69, 9.17) is 13.9 Å². The molecule has 0 radical (unpaired) electrons. The first-order valence-corrected chi connectivity index (χ1v) is 12.8. The van der Waals surface area contributed by atoms with Gasteiger partial charge in [0.25, 0.3) is 0 Å². The van der Waals surface area contributed by atoms with E-state index in [0.29, 0.717) is 12.8 Å². The predicted octanol–water partition coefficient (Wildman–Crippen LogP) is 4.73. The van der Waals surface area contributed by atoms with Gasteiger partial charge in [0, 0.05) is 12.5 Å². The van der Waals surface area contributed by atoms with Crippen molar-refractivity contribution >= 4 is 20.4 Å². The summed E-state index contributed by atoms with van der Waals surface area (Å²) in [5, 5.41) is 0.0908. The second-order valence-electron chi connectivity index (χ2n) is 10.0.